The van der Waals surface area contributed by atoms with Crippen LogP contribution < -0.4 is 5.32 Å². The van der Waals surface area contributed by atoms with Crippen LogP contribution in [0.15, 0.2) is 0 Å². The Morgan fingerprint density at radius 2 is 2.10 bits per heavy atom. The lowest BCUT2D eigenvalue weighted by Crippen LogP contribution is -2.50. The number of ether oxygens (including phenoxy) is 2. The van der Waals surface area contributed by atoms with Crippen molar-refractivity contribution < 1.29 is 14.3 Å². The monoisotopic (exact) mass is 317 g/mol. The fourth-order valence-electron chi connectivity index (χ4n) is 2.56. The van der Waals surface area contributed by atoms with Crippen LogP contribution in [0.25, 0.3) is 0 Å². The molecule has 0 spiro atoms. The van der Waals surface area contributed by atoms with Gasteiger partial charge < -0.3 is 14.8 Å². The highest BCUT2D eigenvalue weighted by Crippen LogP contribution is 2.24. The summed E-state index contributed by atoms with van der Waals surface area (Å²) in [6.45, 7) is 6.75. The van der Waals surface area contributed by atoms with Crippen LogP contribution in [0.2, 0.25) is 0 Å². The fraction of sp³-hybridized carbons (Fsp3) is 0.938. The van der Waals surface area contributed by atoms with Crippen molar-refractivity contribution in [3.8, 4) is 0 Å². The van der Waals surface area contributed by atoms with Crippen molar-refractivity contribution in [1.29, 1.82) is 0 Å². The Hall–Kier alpha value is -0.260. The van der Waals surface area contributed by atoms with Crippen molar-refractivity contribution in [2.45, 2.75) is 63.2 Å². The molecular formula is C16H31NO3S. The van der Waals surface area contributed by atoms with Crippen LogP contribution in [0.1, 0.15) is 52.4 Å². The van der Waals surface area contributed by atoms with Crippen molar-refractivity contribution in [2.24, 2.45) is 0 Å². The summed E-state index contributed by atoms with van der Waals surface area (Å²) >= 11 is 2.06. The van der Waals surface area contributed by atoms with Gasteiger partial charge in [0, 0.05) is 18.5 Å². The van der Waals surface area contributed by atoms with E-state index in [2.05, 4.69) is 24.0 Å². The van der Waals surface area contributed by atoms with Gasteiger partial charge in [-0.3, -0.25) is 4.79 Å². The first-order chi connectivity index (χ1) is 10.1. The molecule has 124 valence electrons. The molecule has 1 saturated heterocycles. The number of carbonyl (C=O) groups is 1. The zero-order chi connectivity index (χ0) is 15.6. The Morgan fingerprint density at radius 3 is 2.71 bits per heavy atom. The predicted octanol–water partition coefficient (Wildman–Crippen LogP) is 3.00. The van der Waals surface area contributed by atoms with Gasteiger partial charge in [0.1, 0.15) is 5.54 Å². The van der Waals surface area contributed by atoms with Gasteiger partial charge in [-0.15, -0.1) is 0 Å². The normalized spacial score (nSPS) is 19.2. The van der Waals surface area contributed by atoms with Crippen LogP contribution in [0.4, 0.5) is 0 Å². The number of carbonyl (C=O) groups excluding carboxylic acids is 1. The van der Waals surface area contributed by atoms with Crippen LogP contribution in [0.3, 0.4) is 0 Å². The summed E-state index contributed by atoms with van der Waals surface area (Å²) in [5.74, 6) is 1.03. The van der Waals surface area contributed by atoms with E-state index >= 15 is 0 Å². The van der Waals surface area contributed by atoms with Gasteiger partial charge in [-0.05, 0) is 51.3 Å². The number of unbranched alkanes of at least 4 members (excludes halogenated alkanes) is 1. The standard InChI is InChI=1S/C16H31NO3S/c1-4-10-17-16(2,15(18)19-3)9-5-6-13-21-14-7-11-20-12-8-14/h14,17H,4-13H2,1-3H3. The minimum absolute atomic E-state index is 0.145. The number of methoxy groups -OCH3 is 1. The summed E-state index contributed by atoms with van der Waals surface area (Å²) in [7, 11) is 1.47. The van der Waals surface area contributed by atoms with E-state index < -0.39 is 5.54 Å². The van der Waals surface area contributed by atoms with Crippen LogP contribution in [0, 0.1) is 0 Å². The highest BCUT2D eigenvalue weighted by atomic mass is 32.2. The first kappa shape index (κ1) is 18.8. The second-order valence-electron chi connectivity index (χ2n) is 5.89. The molecule has 1 unspecified atom stereocenters. The molecule has 1 heterocycles. The molecule has 0 radical (unpaired) electrons. The van der Waals surface area contributed by atoms with Crippen LogP contribution in [-0.2, 0) is 14.3 Å². The number of esters is 1. The first-order valence-corrected chi connectivity index (χ1v) is 9.20. The minimum atomic E-state index is -0.534. The molecule has 0 saturated carbocycles. The van der Waals surface area contributed by atoms with Crippen molar-refractivity contribution in [2.75, 3.05) is 32.6 Å². The maximum absolute atomic E-state index is 11.9. The predicted molar refractivity (Wildman–Crippen MR) is 88.9 cm³/mol. The molecule has 0 aromatic heterocycles. The van der Waals surface area contributed by atoms with E-state index in [1.807, 2.05) is 6.92 Å². The summed E-state index contributed by atoms with van der Waals surface area (Å²) in [6, 6.07) is 0. The van der Waals surface area contributed by atoms with Gasteiger partial charge in [-0.25, -0.2) is 0 Å². The SMILES string of the molecule is CCCNC(C)(CCCCSC1CCOCC1)C(=O)OC. The van der Waals surface area contributed by atoms with Gasteiger partial charge in [0.25, 0.3) is 0 Å². The molecule has 1 rings (SSSR count). The van der Waals surface area contributed by atoms with E-state index in [4.69, 9.17) is 9.47 Å². The average molecular weight is 317 g/mol. The molecular weight excluding hydrogens is 286 g/mol. The number of hydrogen-bond donors (Lipinski definition) is 1. The smallest absolute Gasteiger partial charge is 0.325 e. The maximum Gasteiger partial charge on any atom is 0.325 e. The second kappa shape index (κ2) is 10.5. The van der Waals surface area contributed by atoms with Crippen molar-refractivity contribution in [1.82, 2.24) is 5.32 Å². The maximum atomic E-state index is 11.9. The molecule has 0 bridgehead atoms. The second-order valence-corrected chi connectivity index (χ2v) is 7.30. The topological polar surface area (TPSA) is 47.6 Å². The molecule has 0 aromatic rings. The summed E-state index contributed by atoms with van der Waals surface area (Å²) in [4.78, 5) is 11.9. The Morgan fingerprint density at radius 1 is 1.38 bits per heavy atom. The average Bonchev–Trinajstić information content (AvgIpc) is 2.52. The lowest BCUT2D eigenvalue weighted by Gasteiger charge is -2.28. The molecule has 4 nitrogen and oxygen atoms in total. The van der Waals surface area contributed by atoms with Crippen LogP contribution >= 0.6 is 11.8 Å². The molecule has 0 amide bonds. The Labute approximate surface area is 133 Å². The van der Waals surface area contributed by atoms with E-state index in [-0.39, 0.29) is 5.97 Å². The molecule has 1 aliphatic heterocycles. The third kappa shape index (κ3) is 7.02. The third-order valence-corrected chi connectivity index (χ3v) is 5.46. The van der Waals surface area contributed by atoms with E-state index in [1.165, 1.54) is 25.7 Å². The van der Waals surface area contributed by atoms with Crippen LogP contribution in [-0.4, -0.2) is 49.4 Å². The summed E-state index contributed by atoms with van der Waals surface area (Å²) in [5.41, 5.74) is -0.534. The molecule has 0 aromatic carbocycles. The first-order valence-electron chi connectivity index (χ1n) is 8.15. The van der Waals surface area contributed by atoms with E-state index in [0.717, 1.165) is 50.7 Å². The highest BCUT2D eigenvalue weighted by molar-refractivity contribution is 7.99. The van der Waals surface area contributed by atoms with Gasteiger partial charge in [0.05, 0.1) is 7.11 Å². The van der Waals surface area contributed by atoms with Gasteiger partial charge in [0.2, 0.25) is 0 Å². The molecule has 1 fully saturated rings. The number of hydrogen-bond acceptors (Lipinski definition) is 5. The Bertz CT molecular complexity index is 295. The summed E-state index contributed by atoms with van der Waals surface area (Å²) in [6.07, 6.45) is 6.44. The van der Waals surface area contributed by atoms with Gasteiger partial charge in [0.15, 0.2) is 0 Å². The lowest BCUT2D eigenvalue weighted by atomic mass is 9.95. The van der Waals surface area contributed by atoms with Crippen molar-refractivity contribution >= 4 is 17.7 Å². The van der Waals surface area contributed by atoms with E-state index in [0.29, 0.717) is 0 Å². The quantitative estimate of drug-likeness (QED) is 0.496. The van der Waals surface area contributed by atoms with E-state index in [1.54, 1.807) is 0 Å². The van der Waals surface area contributed by atoms with Crippen molar-refractivity contribution in [3.05, 3.63) is 0 Å². The Balaban J connectivity index is 2.21. The largest absolute Gasteiger partial charge is 0.468 e. The molecule has 1 aliphatic rings. The van der Waals surface area contributed by atoms with Crippen LogP contribution in [0.5, 0.6) is 0 Å². The van der Waals surface area contributed by atoms with Gasteiger partial charge in [-0.1, -0.05) is 13.3 Å². The molecule has 1 atom stereocenters. The minimum Gasteiger partial charge on any atom is -0.468 e. The lowest BCUT2D eigenvalue weighted by molar-refractivity contribution is -0.148. The summed E-state index contributed by atoms with van der Waals surface area (Å²) in [5, 5.41) is 4.11. The Kier molecular flexibility index (Phi) is 9.36. The van der Waals surface area contributed by atoms with Gasteiger partial charge in [-0.2, -0.15) is 11.8 Å². The molecule has 5 heteroatoms. The highest BCUT2D eigenvalue weighted by Gasteiger charge is 2.32. The summed E-state index contributed by atoms with van der Waals surface area (Å²) < 4.78 is 10.3. The fourth-order valence-corrected chi connectivity index (χ4v) is 3.79. The van der Waals surface area contributed by atoms with E-state index in [9.17, 15) is 4.79 Å². The zero-order valence-electron chi connectivity index (χ0n) is 13.8. The number of rotatable bonds is 10. The molecule has 1 N–H and O–H groups in total. The number of nitrogens with one attached hydrogen (secondary N) is 1. The molecule has 0 aliphatic carbocycles. The molecule has 21 heavy (non-hydrogen) atoms. The number of thioether (sulfide) groups is 1. The zero-order valence-corrected chi connectivity index (χ0v) is 14.6. The van der Waals surface area contributed by atoms with Crippen molar-refractivity contribution in [3.63, 3.8) is 0 Å². The third-order valence-electron chi connectivity index (χ3n) is 3.99. The van der Waals surface area contributed by atoms with Gasteiger partial charge >= 0.3 is 5.97 Å².